The van der Waals surface area contributed by atoms with Crippen LogP contribution in [-0.2, 0) is 15.3 Å². The Hall–Kier alpha value is -0.420. The summed E-state index contributed by atoms with van der Waals surface area (Å²) in [6, 6.07) is 5.42. The Balaban J connectivity index is 2.39. The van der Waals surface area contributed by atoms with Crippen LogP contribution in [0, 0.1) is 0 Å². The minimum absolute atomic E-state index is 0.0225. The van der Waals surface area contributed by atoms with Crippen LogP contribution >= 0.6 is 35.0 Å². The van der Waals surface area contributed by atoms with Gasteiger partial charge in [-0.3, -0.25) is 4.79 Å². The average molecular weight is 336 g/mol. The largest absolute Gasteiger partial charge is 0.385 e. The van der Waals surface area contributed by atoms with Crippen LogP contribution in [0.1, 0.15) is 18.9 Å². The molecule has 0 aromatic heterocycles. The molecule has 0 aliphatic heterocycles. The topological polar surface area (TPSA) is 38.3 Å². The molecule has 20 heavy (non-hydrogen) atoms. The summed E-state index contributed by atoms with van der Waals surface area (Å²) in [4.78, 5) is 11.9. The third kappa shape index (κ3) is 5.92. The van der Waals surface area contributed by atoms with Gasteiger partial charge in [0.05, 0.1) is 5.25 Å². The van der Waals surface area contributed by atoms with E-state index in [0.29, 0.717) is 28.9 Å². The molecule has 1 amide bonds. The Morgan fingerprint density at radius 3 is 2.65 bits per heavy atom. The summed E-state index contributed by atoms with van der Waals surface area (Å²) in [6.45, 7) is 3.16. The second-order valence-electron chi connectivity index (χ2n) is 4.29. The molecule has 112 valence electrons. The number of thioether (sulfide) groups is 1. The Bertz CT molecular complexity index is 423. The van der Waals surface area contributed by atoms with Crippen molar-refractivity contribution in [3.05, 3.63) is 33.8 Å². The molecular weight excluding hydrogens is 317 g/mol. The van der Waals surface area contributed by atoms with E-state index < -0.39 is 0 Å². The zero-order valence-corrected chi connectivity index (χ0v) is 13.9. The summed E-state index contributed by atoms with van der Waals surface area (Å²) < 4.78 is 4.93. The molecule has 1 rings (SSSR count). The Morgan fingerprint density at radius 1 is 1.40 bits per heavy atom. The number of rotatable bonds is 8. The van der Waals surface area contributed by atoms with E-state index in [0.717, 1.165) is 12.0 Å². The minimum Gasteiger partial charge on any atom is -0.385 e. The van der Waals surface area contributed by atoms with Gasteiger partial charge in [0, 0.05) is 36.1 Å². The standard InChI is InChI=1S/C14H19Cl2NO2S/c1-10(14(18)17-7-4-8-19-2)20-9-11-12(15)5-3-6-13(11)16/h3,5-6,10H,4,7-9H2,1-2H3,(H,17,18). The molecule has 0 aliphatic carbocycles. The predicted molar refractivity (Wildman–Crippen MR) is 86.7 cm³/mol. The maximum absolute atomic E-state index is 11.9. The van der Waals surface area contributed by atoms with Crippen LogP contribution in [0.25, 0.3) is 0 Å². The maximum atomic E-state index is 11.9. The van der Waals surface area contributed by atoms with Crippen molar-refractivity contribution in [1.29, 1.82) is 0 Å². The van der Waals surface area contributed by atoms with Gasteiger partial charge in [-0.25, -0.2) is 0 Å². The molecule has 3 nitrogen and oxygen atoms in total. The van der Waals surface area contributed by atoms with Crippen LogP contribution in [-0.4, -0.2) is 31.4 Å². The van der Waals surface area contributed by atoms with Crippen molar-refractivity contribution < 1.29 is 9.53 Å². The van der Waals surface area contributed by atoms with Crippen LogP contribution in [0.2, 0.25) is 10.0 Å². The van der Waals surface area contributed by atoms with Crippen LogP contribution in [0.3, 0.4) is 0 Å². The van der Waals surface area contributed by atoms with Crippen molar-refractivity contribution in [1.82, 2.24) is 5.32 Å². The molecule has 0 heterocycles. The molecule has 1 N–H and O–H groups in total. The zero-order valence-electron chi connectivity index (χ0n) is 11.6. The van der Waals surface area contributed by atoms with E-state index in [1.165, 1.54) is 11.8 Å². The van der Waals surface area contributed by atoms with E-state index in [2.05, 4.69) is 5.32 Å². The fourth-order valence-corrected chi connectivity index (χ4v) is 3.18. The van der Waals surface area contributed by atoms with Crippen molar-refractivity contribution in [3.63, 3.8) is 0 Å². The maximum Gasteiger partial charge on any atom is 0.232 e. The molecule has 1 aromatic rings. The first-order chi connectivity index (χ1) is 9.56. The van der Waals surface area contributed by atoms with Gasteiger partial charge in [0.1, 0.15) is 0 Å². The summed E-state index contributed by atoms with van der Waals surface area (Å²) in [5.41, 5.74) is 0.875. The summed E-state index contributed by atoms with van der Waals surface area (Å²) in [5, 5.41) is 4.00. The van der Waals surface area contributed by atoms with Crippen molar-refractivity contribution in [3.8, 4) is 0 Å². The number of nitrogens with one attached hydrogen (secondary N) is 1. The van der Waals surface area contributed by atoms with Crippen LogP contribution in [0.4, 0.5) is 0 Å². The van der Waals surface area contributed by atoms with Gasteiger partial charge >= 0.3 is 0 Å². The molecule has 0 fully saturated rings. The first-order valence-electron chi connectivity index (χ1n) is 6.37. The van der Waals surface area contributed by atoms with Gasteiger partial charge in [0.2, 0.25) is 5.91 Å². The first-order valence-corrected chi connectivity index (χ1v) is 8.18. The third-order valence-corrected chi connectivity index (χ3v) is 4.61. The van der Waals surface area contributed by atoms with Gasteiger partial charge in [-0.05, 0) is 31.0 Å². The lowest BCUT2D eigenvalue weighted by Gasteiger charge is -2.13. The van der Waals surface area contributed by atoms with Crippen molar-refractivity contribution in [2.45, 2.75) is 24.3 Å². The fraction of sp³-hybridized carbons (Fsp3) is 0.500. The van der Waals surface area contributed by atoms with Gasteiger partial charge < -0.3 is 10.1 Å². The molecule has 0 spiro atoms. The van der Waals surface area contributed by atoms with Crippen molar-refractivity contribution in [2.24, 2.45) is 0 Å². The molecular formula is C14H19Cl2NO2S. The van der Waals surface area contributed by atoms with Crippen LogP contribution in [0.5, 0.6) is 0 Å². The van der Waals surface area contributed by atoms with Crippen molar-refractivity contribution >= 4 is 40.9 Å². The molecule has 6 heteroatoms. The molecule has 1 aromatic carbocycles. The summed E-state index contributed by atoms with van der Waals surface area (Å²) in [6.07, 6.45) is 0.815. The highest BCUT2D eigenvalue weighted by molar-refractivity contribution is 7.99. The van der Waals surface area contributed by atoms with E-state index in [1.807, 2.05) is 13.0 Å². The van der Waals surface area contributed by atoms with Gasteiger partial charge in [-0.2, -0.15) is 0 Å². The lowest BCUT2D eigenvalue weighted by Crippen LogP contribution is -2.32. The average Bonchev–Trinajstić information content (AvgIpc) is 2.42. The number of hydrogen-bond donors (Lipinski definition) is 1. The third-order valence-electron chi connectivity index (χ3n) is 2.73. The Kier molecular flexibility index (Phi) is 8.38. The highest BCUT2D eigenvalue weighted by Crippen LogP contribution is 2.29. The number of hydrogen-bond acceptors (Lipinski definition) is 3. The highest BCUT2D eigenvalue weighted by Gasteiger charge is 2.14. The lowest BCUT2D eigenvalue weighted by atomic mass is 10.2. The number of benzene rings is 1. The quantitative estimate of drug-likeness (QED) is 0.735. The summed E-state index contributed by atoms with van der Waals surface area (Å²) >= 11 is 13.7. The minimum atomic E-state index is -0.148. The zero-order chi connectivity index (χ0) is 15.0. The Labute approximate surface area is 134 Å². The predicted octanol–water partition coefficient (Wildman–Crippen LogP) is 3.77. The van der Waals surface area contributed by atoms with Gasteiger partial charge in [-0.1, -0.05) is 29.3 Å². The summed E-state index contributed by atoms with van der Waals surface area (Å²) in [7, 11) is 1.65. The van der Waals surface area contributed by atoms with E-state index in [1.54, 1.807) is 19.2 Å². The van der Waals surface area contributed by atoms with E-state index in [4.69, 9.17) is 27.9 Å². The number of carbonyl (C=O) groups excluding carboxylic acids is 1. The molecule has 1 atom stereocenters. The van der Waals surface area contributed by atoms with Gasteiger partial charge in [0.15, 0.2) is 0 Å². The molecule has 0 bridgehead atoms. The molecule has 0 aliphatic rings. The number of halogens is 2. The number of carbonyl (C=O) groups is 1. The fourth-order valence-electron chi connectivity index (χ4n) is 1.53. The second-order valence-corrected chi connectivity index (χ2v) is 6.43. The number of ether oxygens (including phenoxy) is 1. The lowest BCUT2D eigenvalue weighted by molar-refractivity contribution is -0.120. The van der Waals surface area contributed by atoms with E-state index >= 15 is 0 Å². The normalized spacial score (nSPS) is 12.2. The highest BCUT2D eigenvalue weighted by atomic mass is 35.5. The smallest absolute Gasteiger partial charge is 0.232 e. The molecule has 0 radical (unpaired) electrons. The van der Waals surface area contributed by atoms with E-state index in [9.17, 15) is 4.79 Å². The summed E-state index contributed by atoms with van der Waals surface area (Å²) in [5.74, 6) is 0.639. The van der Waals surface area contributed by atoms with Gasteiger partial charge in [0.25, 0.3) is 0 Å². The molecule has 1 unspecified atom stereocenters. The SMILES string of the molecule is COCCCNC(=O)C(C)SCc1c(Cl)cccc1Cl. The molecule has 0 saturated carbocycles. The monoisotopic (exact) mass is 335 g/mol. The number of methoxy groups -OCH3 is 1. The molecule has 0 saturated heterocycles. The first kappa shape index (κ1) is 17.6. The van der Waals surface area contributed by atoms with Crippen LogP contribution < -0.4 is 5.32 Å². The number of amides is 1. The second kappa shape index (κ2) is 9.50. The van der Waals surface area contributed by atoms with Crippen molar-refractivity contribution in [2.75, 3.05) is 20.3 Å². The van der Waals surface area contributed by atoms with E-state index in [-0.39, 0.29) is 11.2 Å². The van der Waals surface area contributed by atoms with Gasteiger partial charge in [-0.15, -0.1) is 11.8 Å². The van der Waals surface area contributed by atoms with Crippen LogP contribution in [0.15, 0.2) is 18.2 Å². The Morgan fingerprint density at radius 2 is 2.05 bits per heavy atom.